The van der Waals surface area contributed by atoms with Crippen LogP contribution in [0, 0.1) is 0 Å². The molecule has 0 aromatic heterocycles. The van der Waals surface area contributed by atoms with Gasteiger partial charge in [-0.05, 0) is 30.5 Å². The van der Waals surface area contributed by atoms with Crippen molar-refractivity contribution in [2.45, 2.75) is 25.9 Å². The Balaban J connectivity index is 2.21. The van der Waals surface area contributed by atoms with Crippen LogP contribution in [0.3, 0.4) is 0 Å². The molecule has 1 unspecified atom stereocenters. The van der Waals surface area contributed by atoms with Crippen LogP contribution in [0.5, 0.6) is 0 Å². The third kappa shape index (κ3) is 2.06. The molecule has 0 amide bonds. The lowest BCUT2D eigenvalue weighted by Gasteiger charge is -2.31. The van der Waals surface area contributed by atoms with Gasteiger partial charge in [-0.3, -0.25) is 9.69 Å². The van der Waals surface area contributed by atoms with Crippen molar-refractivity contribution in [1.29, 1.82) is 0 Å². The fourth-order valence-electron chi connectivity index (χ4n) is 2.07. The zero-order valence-corrected chi connectivity index (χ0v) is 9.87. The maximum absolute atomic E-state index is 10.9. The van der Waals surface area contributed by atoms with Crippen molar-refractivity contribution in [1.82, 2.24) is 4.90 Å². The van der Waals surface area contributed by atoms with E-state index in [1.807, 2.05) is 23.1 Å². The number of carbonyl (C=O) groups is 1. The number of aliphatic carboxylic acids is 1. The molecule has 86 valence electrons. The number of fused-ring (bicyclic) bond motifs is 1. The molecule has 1 aliphatic heterocycles. The van der Waals surface area contributed by atoms with Gasteiger partial charge in [-0.25, -0.2) is 0 Å². The number of carboxylic acid groups (broad SMARTS) is 1. The Labute approximate surface area is 99.6 Å². The summed E-state index contributed by atoms with van der Waals surface area (Å²) in [5.74, 6) is -0.773. The summed E-state index contributed by atoms with van der Waals surface area (Å²) in [6.07, 6.45) is 0.826. The number of hydrogen-bond donors (Lipinski definition) is 1. The van der Waals surface area contributed by atoms with Crippen molar-refractivity contribution in [2.24, 2.45) is 0 Å². The van der Waals surface area contributed by atoms with E-state index in [-0.39, 0.29) is 0 Å². The van der Waals surface area contributed by atoms with Gasteiger partial charge < -0.3 is 5.11 Å². The van der Waals surface area contributed by atoms with Crippen LogP contribution in [0.15, 0.2) is 18.2 Å². The number of hydrogen-bond acceptors (Lipinski definition) is 2. The summed E-state index contributed by atoms with van der Waals surface area (Å²) in [5, 5.41) is 9.76. The minimum atomic E-state index is -0.773. The minimum absolute atomic E-state index is 0.438. The largest absolute Gasteiger partial charge is 0.480 e. The summed E-state index contributed by atoms with van der Waals surface area (Å²) in [6, 6.07) is 5.38. The molecule has 2 rings (SSSR count). The van der Waals surface area contributed by atoms with Crippen LogP contribution in [-0.4, -0.2) is 28.6 Å². The molecule has 1 aromatic carbocycles. The fraction of sp³-hybridized carbons (Fsp3) is 0.417. The van der Waals surface area contributed by atoms with Crippen molar-refractivity contribution >= 4 is 17.6 Å². The number of halogens is 1. The average molecular weight is 240 g/mol. The van der Waals surface area contributed by atoms with E-state index in [0.717, 1.165) is 29.1 Å². The lowest BCUT2D eigenvalue weighted by molar-refractivity contribution is -0.143. The van der Waals surface area contributed by atoms with Crippen molar-refractivity contribution in [3.8, 4) is 0 Å². The maximum Gasteiger partial charge on any atom is 0.320 e. The molecule has 0 fully saturated rings. The van der Waals surface area contributed by atoms with Crippen molar-refractivity contribution in [2.75, 3.05) is 6.54 Å². The van der Waals surface area contributed by atoms with Crippen LogP contribution in [0.25, 0.3) is 0 Å². The average Bonchev–Trinajstić information content (AvgIpc) is 2.28. The fourth-order valence-corrected chi connectivity index (χ4v) is 2.36. The summed E-state index contributed by atoms with van der Waals surface area (Å²) in [6.45, 7) is 3.14. The Morgan fingerprint density at radius 3 is 3.00 bits per heavy atom. The molecule has 1 aliphatic rings. The Morgan fingerprint density at radius 2 is 2.31 bits per heavy atom. The molecule has 1 N–H and O–H groups in total. The highest BCUT2D eigenvalue weighted by Gasteiger charge is 2.25. The predicted octanol–water partition coefficient (Wildman–Crippen LogP) is 2.17. The van der Waals surface area contributed by atoms with E-state index >= 15 is 0 Å². The second-order valence-corrected chi connectivity index (χ2v) is 4.52. The van der Waals surface area contributed by atoms with Crippen LogP contribution in [0.1, 0.15) is 18.1 Å². The number of benzene rings is 1. The summed E-state index contributed by atoms with van der Waals surface area (Å²) in [5.41, 5.74) is 2.31. The SMILES string of the molecule is CC(C(=O)O)N1CCc2c(Cl)cccc2C1. The van der Waals surface area contributed by atoms with Crippen LogP contribution >= 0.6 is 11.6 Å². The molecule has 0 bridgehead atoms. The van der Waals surface area contributed by atoms with E-state index in [2.05, 4.69) is 0 Å². The molecule has 0 spiro atoms. The normalized spacial score (nSPS) is 17.9. The van der Waals surface area contributed by atoms with Gasteiger partial charge in [-0.15, -0.1) is 0 Å². The lowest BCUT2D eigenvalue weighted by atomic mass is 9.98. The highest BCUT2D eigenvalue weighted by atomic mass is 35.5. The minimum Gasteiger partial charge on any atom is -0.480 e. The van der Waals surface area contributed by atoms with Crippen LogP contribution in [0.4, 0.5) is 0 Å². The number of rotatable bonds is 2. The third-order valence-corrected chi connectivity index (χ3v) is 3.50. The molecule has 0 saturated carbocycles. The Bertz CT molecular complexity index is 419. The Morgan fingerprint density at radius 1 is 1.56 bits per heavy atom. The predicted molar refractivity (Wildman–Crippen MR) is 62.7 cm³/mol. The summed E-state index contributed by atoms with van der Waals surface area (Å²) >= 11 is 6.10. The van der Waals surface area contributed by atoms with Gasteiger partial charge in [-0.2, -0.15) is 0 Å². The van der Waals surface area contributed by atoms with Gasteiger partial charge in [0, 0.05) is 18.1 Å². The van der Waals surface area contributed by atoms with Crippen molar-refractivity contribution in [3.05, 3.63) is 34.3 Å². The second kappa shape index (κ2) is 4.44. The number of carboxylic acids is 1. The molecular formula is C12H14ClNO2. The van der Waals surface area contributed by atoms with E-state index in [9.17, 15) is 4.79 Å². The van der Waals surface area contributed by atoms with Crippen molar-refractivity contribution < 1.29 is 9.90 Å². The van der Waals surface area contributed by atoms with E-state index < -0.39 is 12.0 Å². The topological polar surface area (TPSA) is 40.5 Å². The standard InChI is InChI=1S/C12H14ClNO2/c1-8(12(15)16)14-6-5-10-9(7-14)3-2-4-11(10)13/h2-4,8H,5-7H2,1H3,(H,15,16). The van der Waals surface area contributed by atoms with E-state index in [1.54, 1.807) is 6.92 Å². The highest BCUT2D eigenvalue weighted by molar-refractivity contribution is 6.31. The van der Waals surface area contributed by atoms with Gasteiger partial charge in [0.25, 0.3) is 0 Å². The van der Waals surface area contributed by atoms with Crippen LogP contribution < -0.4 is 0 Å². The first-order valence-corrected chi connectivity index (χ1v) is 5.70. The smallest absolute Gasteiger partial charge is 0.320 e. The molecule has 1 heterocycles. The summed E-state index contributed by atoms with van der Waals surface area (Å²) in [7, 11) is 0. The van der Waals surface area contributed by atoms with Crippen LogP contribution in [0.2, 0.25) is 5.02 Å². The summed E-state index contributed by atoms with van der Waals surface area (Å²) < 4.78 is 0. The quantitative estimate of drug-likeness (QED) is 0.860. The van der Waals surface area contributed by atoms with E-state index in [1.165, 1.54) is 0 Å². The third-order valence-electron chi connectivity index (χ3n) is 3.14. The van der Waals surface area contributed by atoms with Gasteiger partial charge in [0.1, 0.15) is 6.04 Å². The Hall–Kier alpha value is -1.06. The first-order valence-electron chi connectivity index (χ1n) is 5.32. The van der Waals surface area contributed by atoms with Gasteiger partial charge >= 0.3 is 5.97 Å². The van der Waals surface area contributed by atoms with E-state index in [0.29, 0.717) is 6.54 Å². The molecule has 0 aliphatic carbocycles. The maximum atomic E-state index is 10.9. The van der Waals surface area contributed by atoms with Gasteiger partial charge in [-0.1, -0.05) is 23.7 Å². The molecule has 3 nitrogen and oxygen atoms in total. The molecule has 0 radical (unpaired) electrons. The van der Waals surface area contributed by atoms with Crippen LogP contribution in [-0.2, 0) is 17.8 Å². The first-order chi connectivity index (χ1) is 7.59. The first kappa shape index (κ1) is 11.4. The molecule has 0 saturated heterocycles. The zero-order valence-electron chi connectivity index (χ0n) is 9.11. The second-order valence-electron chi connectivity index (χ2n) is 4.11. The molecule has 4 heteroatoms. The molecular weight excluding hydrogens is 226 g/mol. The van der Waals surface area contributed by atoms with Crippen molar-refractivity contribution in [3.63, 3.8) is 0 Å². The molecule has 1 aromatic rings. The van der Waals surface area contributed by atoms with E-state index in [4.69, 9.17) is 16.7 Å². The monoisotopic (exact) mass is 239 g/mol. The van der Waals surface area contributed by atoms with Gasteiger partial charge in [0.15, 0.2) is 0 Å². The number of nitrogens with zero attached hydrogens (tertiary/aromatic N) is 1. The highest BCUT2D eigenvalue weighted by Crippen LogP contribution is 2.26. The molecule has 16 heavy (non-hydrogen) atoms. The lowest BCUT2D eigenvalue weighted by Crippen LogP contribution is -2.42. The summed E-state index contributed by atoms with van der Waals surface area (Å²) in [4.78, 5) is 12.9. The van der Waals surface area contributed by atoms with Gasteiger partial charge in [0.2, 0.25) is 0 Å². The molecule has 1 atom stereocenters. The van der Waals surface area contributed by atoms with Gasteiger partial charge in [0.05, 0.1) is 0 Å². The zero-order chi connectivity index (χ0) is 11.7. The Kier molecular flexibility index (Phi) is 3.17.